The van der Waals surface area contributed by atoms with E-state index in [1.54, 1.807) is 10.4 Å². The molecule has 3 aliphatic rings. The maximum absolute atomic E-state index is 13.1. The van der Waals surface area contributed by atoms with Gasteiger partial charge in [-0.2, -0.15) is 4.31 Å². The number of piperidine rings is 1. The third-order valence-corrected chi connectivity index (χ3v) is 8.83. The van der Waals surface area contributed by atoms with E-state index in [0.29, 0.717) is 35.5 Å². The van der Waals surface area contributed by atoms with Crippen molar-refractivity contribution in [1.82, 2.24) is 9.62 Å². The molecule has 0 atom stereocenters. The van der Waals surface area contributed by atoms with Gasteiger partial charge in [-0.05, 0) is 98.2 Å². The van der Waals surface area contributed by atoms with Gasteiger partial charge >= 0.3 is 0 Å². The third-order valence-electron chi connectivity index (χ3n) is 6.93. The van der Waals surface area contributed by atoms with Gasteiger partial charge in [-0.15, -0.1) is 0 Å². The summed E-state index contributed by atoms with van der Waals surface area (Å²) in [6.45, 7) is 1.15. The standard InChI is InChI=1S/C25H30N2O3S/c28-25(26-23-9-10-23)21-6-4-18(5-7-21)16-19-12-14-27(15-13-19)31(29,30)24-11-8-20-2-1-3-22(20)17-24/h4-8,11,17,19,23H,1-3,9-10,12-16H2,(H,26,28). The zero-order chi connectivity index (χ0) is 21.4. The lowest BCUT2D eigenvalue weighted by molar-refractivity contribution is 0.0951. The topological polar surface area (TPSA) is 66.5 Å². The summed E-state index contributed by atoms with van der Waals surface area (Å²) in [7, 11) is -3.41. The fraction of sp³-hybridized carbons (Fsp3) is 0.480. The molecule has 0 aromatic heterocycles. The van der Waals surface area contributed by atoms with Crippen LogP contribution in [0.2, 0.25) is 0 Å². The Balaban J connectivity index is 1.17. The summed E-state index contributed by atoms with van der Waals surface area (Å²) >= 11 is 0. The fourth-order valence-electron chi connectivity index (χ4n) is 4.83. The van der Waals surface area contributed by atoms with Gasteiger partial charge in [0.15, 0.2) is 0 Å². The number of aryl methyl sites for hydroxylation is 2. The maximum atomic E-state index is 13.1. The summed E-state index contributed by atoms with van der Waals surface area (Å²) < 4.78 is 27.9. The van der Waals surface area contributed by atoms with Crippen molar-refractivity contribution in [2.75, 3.05) is 13.1 Å². The van der Waals surface area contributed by atoms with Gasteiger partial charge in [-0.1, -0.05) is 18.2 Å². The van der Waals surface area contributed by atoms with E-state index in [1.807, 2.05) is 36.4 Å². The fourth-order valence-corrected chi connectivity index (χ4v) is 6.35. The second kappa shape index (κ2) is 8.40. The number of sulfonamides is 1. The van der Waals surface area contributed by atoms with Crippen molar-refractivity contribution in [2.24, 2.45) is 5.92 Å². The number of nitrogens with one attached hydrogen (secondary N) is 1. The lowest BCUT2D eigenvalue weighted by Gasteiger charge is -2.31. The van der Waals surface area contributed by atoms with E-state index in [-0.39, 0.29) is 5.91 Å². The highest BCUT2D eigenvalue weighted by Gasteiger charge is 2.30. The number of carbonyl (C=O) groups is 1. The van der Waals surface area contributed by atoms with Crippen LogP contribution in [0.4, 0.5) is 0 Å². The molecule has 2 aliphatic carbocycles. The van der Waals surface area contributed by atoms with Gasteiger partial charge in [-0.3, -0.25) is 4.79 Å². The first kappa shape index (κ1) is 20.7. The molecule has 1 amide bonds. The summed E-state index contributed by atoms with van der Waals surface area (Å²) in [6.07, 6.45) is 8.01. The van der Waals surface area contributed by atoms with Gasteiger partial charge in [0.05, 0.1) is 4.90 Å². The van der Waals surface area contributed by atoms with Crippen LogP contribution in [0.15, 0.2) is 47.4 Å². The van der Waals surface area contributed by atoms with Crippen molar-refractivity contribution >= 4 is 15.9 Å². The second-order valence-corrected chi connectivity index (χ2v) is 11.2. The molecule has 1 N–H and O–H groups in total. The Hall–Kier alpha value is -2.18. The molecule has 0 spiro atoms. The molecule has 2 fully saturated rings. The lowest BCUT2D eigenvalue weighted by atomic mass is 9.91. The van der Waals surface area contributed by atoms with Crippen LogP contribution in [0.1, 0.15) is 59.2 Å². The quantitative estimate of drug-likeness (QED) is 0.748. The molecule has 2 aromatic rings. The first-order chi connectivity index (χ1) is 15.0. The largest absolute Gasteiger partial charge is 0.349 e. The molecule has 164 valence electrons. The molecule has 31 heavy (non-hydrogen) atoms. The molecule has 0 radical (unpaired) electrons. The molecule has 1 heterocycles. The number of benzene rings is 2. The highest BCUT2D eigenvalue weighted by molar-refractivity contribution is 7.89. The Labute approximate surface area is 184 Å². The minimum atomic E-state index is -3.41. The molecule has 0 bridgehead atoms. The Bertz CT molecular complexity index is 1070. The normalized spacial score (nSPS) is 19.9. The van der Waals surface area contributed by atoms with E-state index in [1.165, 1.54) is 16.7 Å². The van der Waals surface area contributed by atoms with Gasteiger partial charge < -0.3 is 5.32 Å². The summed E-state index contributed by atoms with van der Waals surface area (Å²) in [6, 6.07) is 13.9. The highest BCUT2D eigenvalue weighted by Crippen LogP contribution is 2.29. The summed E-state index contributed by atoms with van der Waals surface area (Å²) in [5, 5.41) is 3.02. The molecule has 5 rings (SSSR count). The maximum Gasteiger partial charge on any atom is 0.251 e. The monoisotopic (exact) mass is 438 g/mol. The van der Waals surface area contributed by atoms with E-state index in [9.17, 15) is 13.2 Å². The number of carbonyl (C=O) groups excluding carboxylic acids is 1. The zero-order valence-electron chi connectivity index (χ0n) is 17.8. The van der Waals surface area contributed by atoms with Crippen LogP contribution in [0.25, 0.3) is 0 Å². The van der Waals surface area contributed by atoms with Gasteiger partial charge in [0, 0.05) is 24.7 Å². The van der Waals surface area contributed by atoms with Crippen LogP contribution in [0.3, 0.4) is 0 Å². The number of hydrogen-bond donors (Lipinski definition) is 1. The number of amides is 1. The van der Waals surface area contributed by atoms with E-state index in [0.717, 1.165) is 51.4 Å². The molecule has 0 unspecified atom stereocenters. The Kier molecular flexibility index (Phi) is 5.61. The summed E-state index contributed by atoms with van der Waals surface area (Å²) in [4.78, 5) is 12.6. The summed E-state index contributed by atoms with van der Waals surface area (Å²) in [5.41, 5.74) is 4.42. The van der Waals surface area contributed by atoms with Gasteiger partial charge in [0.25, 0.3) is 5.91 Å². The van der Waals surface area contributed by atoms with E-state index >= 15 is 0 Å². The van der Waals surface area contributed by atoms with Crippen molar-refractivity contribution in [3.8, 4) is 0 Å². The van der Waals surface area contributed by atoms with Crippen molar-refractivity contribution in [2.45, 2.75) is 62.3 Å². The van der Waals surface area contributed by atoms with Crippen molar-refractivity contribution in [1.29, 1.82) is 0 Å². The first-order valence-corrected chi connectivity index (χ1v) is 12.9. The molecule has 1 saturated heterocycles. The molecular formula is C25H30N2O3S. The number of fused-ring (bicyclic) bond motifs is 1. The molecule has 5 nitrogen and oxygen atoms in total. The average Bonchev–Trinajstić information content (AvgIpc) is 3.46. The van der Waals surface area contributed by atoms with Crippen molar-refractivity contribution in [3.63, 3.8) is 0 Å². The zero-order valence-corrected chi connectivity index (χ0v) is 18.7. The predicted octanol–water partition coefficient (Wildman–Crippen LogP) is 3.71. The van der Waals surface area contributed by atoms with Gasteiger partial charge in [0.2, 0.25) is 10.0 Å². The number of rotatable bonds is 6. The summed E-state index contributed by atoms with van der Waals surface area (Å²) in [5.74, 6) is 0.483. The van der Waals surface area contributed by atoms with E-state index < -0.39 is 10.0 Å². The third kappa shape index (κ3) is 4.55. The van der Waals surface area contributed by atoms with Gasteiger partial charge in [-0.25, -0.2) is 8.42 Å². The molecule has 2 aromatic carbocycles. The van der Waals surface area contributed by atoms with Gasteiger partial charge in [0.1, 0.15) is 0 Å². The number of nitrogens with zero attached hydrogens (tertiary/aromatic N) is 1. The second-order valence-electron chi connectivity index (χ2n) is 9.28. The van der Waals surface area contributed by atoms with Crippen LogP contribution in [-0.2, 0) is 29.3 Å². The first-order valence-electron chi connectivity index (χ1n) is 11.5. The minimum absolute atomic E-state index is 0.0131. The van der Waals surface area contributed by atoms with Crippen LogP contribution in [0, 0.1) is 5.92 Å². The molecule has 1 aliphatic heterocycles. The molecule has 1 saturated carbocycles. The SMILES string of the molecule is O=C(NC1CC1)c1ccc(CC2CCN(S(=O)(=O)c3ccc4c(c3)CCC4)CC2)cc1. The van der Waals surface area contributed by atoms with Crippen LogP contribution < -0.4 is 5.32 Å². The Morgan fingerprint density at radius 1 is 0.935 bits per heavy atom. The van der Waals surface area contributed by atoms with Crippen molar-refractivity contribution in [3.05, 3.63) is 64.7 Å². The predicted molar refractivity (Wildman–Crippen MR) is 121 cm³/mol. The van der Waals surface area contributed by atoms with E-state index in [4.69, 9.17) is 0 Å². The minimum Gasteiger partial charge on any atom is -0.349 e. The number of hydrogen-bond acceptors (Lipinski definition) is 3. The van der Waals surface area contributed by atoms with Crippen LogP contribution in [-0.4, -0.2) is 37.8 Å². The highest BCUT2D eigenvalue weighted by atomic mass is 32.2. The van der Waals surface area contributed by atoms with Crippen LogP contribution in [0.5, 0.6) is 0 Å². The van der Waals surface area contributed by atoms with Crippen molar-refractivity contribution < 1.29 is 13.2 Å². The van der Waals surface area contributed by atoms with Crippen LogP contribution >= 0.6 is 0 Å². The van der Waals surface area contributed by atoms with E-state index in [2.05, 4.69) is 5.32 Å². The smallest absolute Gasteiger partial charge is 0.251 e. The Morgan fingerprint density at radius 3 is 2.35 bits per heavy atom. The average molecular weight is 439 g/mol. The lowest BCUT2D eigenvalue weighted by Crippen LogP contribution is -2.38. The molecule has 6 heteroatoms. The molecular weight excluding hydrogens is 408 g/mol. The Morgan fingerprint density at radius 2 is 1.65 bits per heavy atom.